The van der Waals surface area contributed by atoms with Crippen molar-refractivity contribution in [2.45, 2.75) is 32.9 Å². The summed E-state index contributed by atoms with van der Waals surface area (Å²) in [6.07, 6.45) is 3.73. The van der Waals surface area contributed by atoms with Crippen LogP contribution in [0.5, 0.6) is 0 Å². The summed E-state index contributed by atoms with van der Waals surface area (Å²) in [4.78, 5) is 19.1. The second-order valence-corrected chi connectivity index (χ2v) is 7.45. The molecule has 1 atom stereocenters. The predicted octanol–water partition coefficient (Wildman–Crippen LogP) is 1.70. The van der Waals surface area contributed by atoms with Gasteiger partial charge < -0.3 is 10.2 Å². The van der Waals surface area contributed by atoms with E-state index in [0.29, 0.717) is 18.0 Å². The Bertz CT molecular complexity index is 690. The van der Waals surface area contributed by atoms with E-state index in [9.17, 15) is 4.79 Å². The molecule has 1 amide bonds. The van der Waals surface area contributed by atoms with Gasteiger partial charge in [0.1, 0.15) is 0 Å². The van der Waals surface area contributed by atoms with Crippen LogP contribution < -0.4 is 5.32 Å². The van der Waals surface area contributed by atoms with Crippen LogP contribution in [0.25, 0.3) is 0 Å². The third kappa shape index (κ3) is 3.79. The Labute approximate surface area is 140 Å². The molecule has 3 heterocycles. The molecule has 0 aromatic carbocycles. The van der Waals surface area contributed by atoms with Crippen molar-refractivity contribution < 1.29 is 4.79 Å². The third-order valence-corrected chi connectivity index (χ3v) is 4.97. The Kier molecular flexibility index (Phi) is 4.77. The molecule has 124 valence electrons. The van der Waals surface area contributed by atoms with Crippen molar-refractivity contribution in [3.8, 4) is 0 Å². The van der Waals surface area contributed by atoms with E-state index in [-0.39, 0.29) is 5.91 Å². The van der Waals surface area contributed by atoms with Gasteiger partial charge in [-0.25, -0.2) is 4.98 Å². The molecule has 1 aliphatic heterocycles. The molecule has 0 bridgehead atoms. The molecule has 2 aromatic heterocycles. The molecule has 3 rings (SSSR count). The zero-order valence-electron chi connectivity index (χ0n) is 13.9. The third-order valence-electron chi connectivity index (χ3n) is 4.14. The monoisotopic (exact) mass is 333 g/mol. The number of rotatable bonds is 5. The maximum atomic E-state index is 12.5. The van der Waals surface area contributed by atoms with Crippen LogP contribution in [0.2, 0.25) is 0 Å². The minimum atomic E-state index is -0.0533. The number of hydrogen-bond acceptors (Lipinski definition) is 5. The van der Waals surface area contributed by atoms with Crippen molar-refractivity contribution in [3.63, 3.8) is 0 Å². The molecule has 0 spiro atoms. The highest BCUT2D eigenvalue weighted by molar-refractivity contribution is 7.09. The maximum absolute atomic E-state index is 12.5. The van der Waals surface area contributed by atoms with Crippen molar-refractivity contribution in [3.05, 3.63) is 33.5 Å². The number of nitrogens with zero attached hydrogens (tertiary/aromatic N) is 4. The zero-order valence-corrected chi connectivity index (χ0v) is 14.7. The van der Waals surface area contributed by atoms with Crippen LogP contribution in [0, 0.1) is 12.8 Å². The van der Waals surface area contributed by atoms with Gasteiger partial charge in [0.05, 0.1) is 34.7 Å². The minimum Gasteiger partial charge on any atom is -0.346 e. The lowest BCUT2D eigenvalue weighted by molar-refractivity contribution is 0.0948. The number of aryl methyl sites for hydroxylation is 2. The van der Waals surface area contributed by atoms with Gasteiger partial charge in [0.15, 0.2) is 0 Å². The predicted molar refractivity (Wildman–Crippen MR) is 90.6 cm³/mol. The first-order chi connectivity index (χ1) is 11.0. The smallest absolute Gasteiger partial charge is 0.255 e. The first kappa shape index (κ1) is 16.1. The lowest BCUT2D eigenvalue weighted by atomic mass is 9.94. The van der Waals surface area contributed by atoms with Gasteiger partial charge in [-0.2, -0.15) is 5.10 Å². The molecule has 7 heteroatoms. The minimum absolute atomic E-state index is 0.0533. The largest absolute Gasteiger partial charge is 0.346 e. The van der Waals surface area contributed by atoms with Crippen molar-refractivity contribution >= 4 is 17.2 Å². The molecule has 6 nitrogen and oxygen atoms in total. The Morgan fingerprint density at radius 2 is 2.35 bits per heavy atom. The SMILES string of the molecule is Cc1nc(CNC(=O)c2cnn3c2CC(CN(C)C)CC3)cs1. The second-order valence-electron chi connectivity index (χ2n) is 6.39. The Morgan fingerprint density at radius 3 is 3.04 bits per heavy atom. The highest BCUT2D eigenvalue weighted by atomic mass is 32.1. The summed E-state index contributed by atoms with van der Waals surface area (Å²) in [6, 6.07) is 0. The molecule has 1 N–H and O–H groups in total. The van der Waals surface area contributed by atoms with E-state index in [2.05, 4.69) is 34.4 Å². The summed E-state index contributed by atoms with van der Waals surface area (Å²) in [5.41, 5.74) is 2.68. The van der Waals surface area contributed by atoms with Crippen LogP contribution in [-0.4, -0.2) is 46.2 Å². The Hall–Kier alpha value is -1.73. The Morgan fingerprint density at radius 1 is 1.52 bits per heavy atom. The summed E-state index contributed by atoms with van der Waals surface area (Å²) in [5.74, 6) is 0.532. The molecule has 0 fully saturated rings. The highest BCUT2D eigenvalue weighted by Gasteiger charge is 2.25. The number of carbonyl (C=O) groups is 1. The fourth-order valence-electron chi connectivity index (χ4n) is 3.12. The van der Waals surface area contributed by atoms with Crippen LogP contribution in [0.4, 0.5) is 0 Å². The van der Waals surface area contributed by atoms with Gasteiger partial charge in [-0.3, -0.25) is 9.48 Å². The summed E-state index contributed by atoms with van der Waals surface area (Å²) < 4.78 is 1.98. The number of amides is 1. The quantitative estimate of drug-likeness (QED) is 0.905. The van der Waals surface area contributed by atoms with Gasteiger partial charge in [0.2, 0.25) is 0 Å². The van der Waals surface area contributed by atoms with E-state index in [1.54, 1.807) is 17.5 Å². The lowest BCUT2D eigenvalue weighted by Gasteiger charge is -2.26. The summed E-state index contributed by atoms with van der Waals surface area (Å²) in [7, 11) is 4.19. The van der Waals surface area contributed by atoms with Crippen molar-refractivity contribution in [1.29, 1.82) is 0 Å². The van der Waals surface area contributed by atoms with Gasteiger partial charge in [-0.05, 0) is 39.8 Å². The number of nitrogens with one attached hydrogen (secondary N) is 1. The van der Waals surface area contributed by atoms with Crippen molar-refractivity contribution in [2.24, 2.45) is 5.92 Å². The molecule has 1 aliphatic rings. The van der Waals surface area contributed by atoms with Crippen molar-refractivity contribution in [1.82, 2.24) is 25.0 Å². The molecule has 0 saturated carbocycles. The van der Waals surface area contributed by atoms with Gasteiger partial charge in [0.25, 0.3) is 5.91 Å². The summed E-state index contributed by atoms with van der Waals surface area (Å²) in [5, 5.41) is 10.3. The second kappa shape index (κ2) is 6.80. The number of fused-ring (bicyclic) bond motifs is 1. The summed E-state index contributed by atoms with van der Waals surface area (Å²) >= 11 is 1.60. The van der Waals surface area contributed by atoms with Gasteiger partial charge >= 0.3 is 0 Å². The molecule has 0 saturated heterocycles. The fraction of sp³-hybridized carbons (Fsp3) is 0.562. The molecular weight excluding hydrogens is 310 g/mol. The van der Waals surface area contributed by atoms with Crippen LogP contribution in [0.15, 0.2) is 11.6 Å². The van der Waals surface area contributed by atoms with E-state index >= 15 is 0 Å². The average Bonchev–Trinajstić information content (AvgIpc) is 3.10. The van der Waals surface area contributed by atoms with Gasteiger partial charge in [-0.1, -0.05) is 0 Å². The molecule has 2 aromatic rings. The van der Waals surface area contributed by atoms with E-state index in [4.69, 9.17) is 0 Å². The average molecular weight is 333 g/mol. The first-order valence-electron chi connectivity index (χ1n) is 7.91. The van der Waals surface area contributed by atoms with Gasteiger partial charge in [0, 0.05) is 18.5 Å². The Balaban J connectivity index is 1.66. The summed E-state index contributed by atoms with van der Waals surface area (Å²) in [6.45, 7) is 4.38. The standard InChI is InChI=1S/C16H23N5OS/c1-11-19-13(10-23-11)7-17-16(22)14-8-18-21-5-4-12(6-15(14)21)9-20(2)3/h8,10,12H,4-7,9H2,1-3H3,(H,17,22). The van der Waals surface area contributed by atoms with Crippen LogP contribution in [-0.2, 0) is 19.5 Å². The maximum Gasteiger partial charge on any atom is 0.255 e. The number of aromatic nitrogens is 3. The highest BCUT2D eigenvalue weighted by Crippen LogP contribution is 2.23. The van der Waals surface area contributed by atoms with E-state index < -0.39 is 0 Å². The molecule has 0 radical (unpaired) electrons. The number of hydrogen-bond donors (Lipinski definition) is 1. The molecular formula is C16H23N5OS. The number of thiazole rings is 1. The van der Waals surface area contributed by atoms with Gasteiger partial charge in [-0.15, -0.1) is 11.3 Å². The van der Waals surface area contributed by atoms with E-state index in [0.717, 1.165) is 42.3 Å². The molecule has 0 aliphatic carbocycles. The normalized spacial score (nSPS) is 17.3. The first-order valence-corrected chi connectivity index (χ1v) is 8.79. The van der Waals surface area contributed by atoms with E-state index in [1.807, 2.05) is 17.0 Å². The number of carbonyl (C=O) groups excluding carboxylic acids is 1. The van der Waals surface area contributed by atoms with Crippen LogP contribution in [0.1, 0.15) is 33.2 Å². The van der Waals surface area contributed by atoms with Crippen molar-refractivity contribution in [2.75, 3.05) is 20.6 Å². The van der Waals surface area contributed by atoms with E-state index in [1.165, 1.54) is 0 Å². The molecule has 23 heavy (non-hydrogen) atoms. The zero-order chi connectivity index (χ0) is 16.4. The topological polar surface area (TPSA) is 63.1 Å². The van der Waals surface area contributed by atoms with Crippen LogP contribution >= 0.6 is 11.3 Å². The lowest BCUT2D eigenvalue weighted by Crippen LogP contribution is -2.31. The van der Waals surface area contributed by atoms with Crippen LogP contribution in [0.3, 0.4) is 0 Å². The fourth-order valence-corrected chi connectivity index (χ4v) is 3.73. The molecule has 1 unspecified atom stereocenters.